The third-order valence-electron chi connectivity index (χ3n) is 1.74. The number of allylic oxidation sites excluding steroid dienone is 7. The van der Waals surface area contributed by atoms with Crippen LogP contribution in [-0.2, 0) is 0 Å². The van der Waals surface area contributed by atoms with E-state index in [0.29, 0.717) is 0 Å². The van der Waals surface area contributed by atoms with Crippen molar-refractivity contribution >= 4 is 0 Å². The lowest BCUT2D eigenvalue weighted by atomic mass is 10.1. The fourth-order valence-electron chi connectivity index (χ4n) is 1.09. The largest absolute Gasteiger partial charge is 0.0991 e. The molecule has 0 aromatic carbocycles. The van der Waals surface area contributed by atoms with Gasteiger partial charge in [-0.2, -0.15) is 0 Å². The summed E-state index contributed by atoms with van der Waals surface area (Å²) >= 11 is 0. The molecule has 0 unspecified atom stereocenters. The fraction of sp³-hybridized carbons (Fsp3) is 0.385. The maximum Gasteiger partial charge on any atom is -0.0342 e. The fourth-order valence-corrected chi connectivity index (χ4v) is 1.09. The minimum absolute atomic E-state index is 1.14. The van der Waals surface area contributed by atoms with Gasteiger partial charge in [0.1, 0.15) is 0 Å². The van der Waals surface area contributed by atoms with E-state index in [1.165, 1.54) is 12.0 Å². The Balaban J connectivity index is 3.49. The third kappa shape index (κ3) is 8.87. The van der Waals surface area contributed by atoms with Crippen molar-refractivity contribution in [2.75, 3.05) is 0 Å². The van der Waals surface area contributed by atoms with E-state index in [4.69, 9.17) is 0 Å². The zero-order valence-corrected chi connectivity index (χ0v) is 8.79. The summed E-state index contributed by atoms with van der Waals surface area (Å²) in [6.45, 7) is 7.81. The zero-order chi connectivity index (χ0) is 9.94. The highest BCUT2D eigenvalue weighted by atomic mass is 13.9. The predicted molar refractivity (Wildman–Crippen MR) is 61.8 cm³/mol. The highest BCUT2D eigenvalue weighted by Gasteiger charge is 1.82. The van der Waals surface area contributed by atoms with Crippen LogP contribution >= 0.6 is 0 Å². The van der Waals surface area contributed by atoms with Gasteiger partial charge in [0, 0.05) is 0 Å². The summed E-state index contributed by atoms with van der Waals surface area (Å²) in [5.41, 5.74) is 1.36. The standard InChI is InChI=1S/C13H20/c1-4-6-7-8-9-10-12-13(3)11-5-2/h4-7,11-12H,1,8-10H2,2-3H3/b7-6+,11-5-,13-12+. The minimum Gasteiger partial charge on any atom is -0.0991 e. The topological polar surface area (TPSA) is 0 Å². The molecule has 0 aliphatic heterocycles. The molecule has 72 valence electrons. The SMILES string of the molecule is C=C/C=C/CCC/C=C(C)/C=C\C. The highest BCUT2D eigenvalue weighted by Crippen LogP contribution is 2.03. The number of hydrogen-bond donors (Lipinski definition) is 0. The van der Waals surface area contributed by atoms with E-state index >= 15 is 0 Å². The Morgan fingerprint density at radius 2 is 2.08 bits per heavy atom. The Hall–Kier alpha value is -1.04. The predicted octanol–water partition coefficient (Wildman–Crippen LogP) is 4.42. The Labute approximate surface area is 82.4 Å². The van der Waals surface area contributed by atoms with Gasteiger partial charge in [-0.3, -0.25) is 0 Å². The van der Waals surface area contributed by atoms with Gasteiger partial charge < -0.3 is 0 Å². The van der Waals surface area contributed by atoms with Gasteiger partial charge in [-0.05, 0) is 33.1 Å². The van der Waals surface area contributed by atoms with Crippen molar-refractivity contribution in [3.63, 3.8) is 0 Å². The second-order valence-electron chi connectivity index (χ2n) is 3.04. The van der Waals surface area contributed by atoms with Crippen molar-refractivity contribution in [2.45, 2.75) is 33.1 Å². The zero-order valence-electron chi connectivity index (χ0n) is 8.79. The Kier molecular flexibility index (Phi) is 8.33. The van der Waals surface area contributed by atoms with Gasteiger partial charge in [0.15, 0.2) is 0 Å². The van der Waals surface area contributed by atoms with Crippen LogP contribution in [0.25, 0.3) is 0 Å². The molecule has 0 aliphatic carbocycles. The molecule has 0 aliphatic rings. The molecule has 0 spiro atoms. The monoisotopic (exact) mass is 176 g/mol. The lowest BCUT2D eigenvalue weighted by Gasteiger charge is -1.92. The molecule has 0 saturated carbocycles. The van der Waals surface area contributed by atoms with Crippen molar-refractivity contribution in [3.8, 4) is 0 Å². The van der Waals surface area contributed by atoms with Gasteiger partial charge in [-0.25, -0.2) is 0 Å². The summed E-state index contributed by atoms with van der Waals surface area (Å²) in [4.78, 5) is 0. The quantitative estimate of drug-likeness (QED) is 0.415. The number of hydrogen-bond acceptors (Lipinski definition) is 0. The maximum atomic E-state index is 3.62. The van der Waals surface area contributed by atoms with E-state index in [1.807, 2.05) is 19.1 Å². The first kappa shape index (κ1) is 12.0. The van der Waals surface area contributed by atoms with Crippen molar-refractivity contribution in [1.82, 2.24) is 0 Å². The van der Waals surface area contributed by atoms with Crippen molar-refractivity contribution in [3.05, 3.63) is 48.6 Å². The van der Waals surface area contributed by atoms with Crippen LogP contribution in [0.15, 0.2) is 48.6 Å². The smallest absolute Gasteiger partial charge is 0.0342 e. The lowest BCUT2D eigenvalue weighted by molar-refractivity contribution is 0.864. The van der Waals surface area contributed by atoms with E-state index in [9.17, 15) is 0 Å². The summed E-state index contributed by atoms with van der Waals surface area (Å²) in [5, 5.41) is 0. The van der Waals surface area contributed by atoms with Crippen molar-refractivity contribution in [1.29, 1.82) is 0 Å². The van der Waals surface area contributed by atoms with Crippen molar-refractivity contribution in [2.24, 2.45) is 0 Å². The van der Waals surface area contributed by atoms with Crippen LogP contribution in [0.2, 0.25) is 0 Å². The molecule has 0 rings (SSSR count). The van der Waals surface area contributed by atoms with Crippen molar-refractivity contribution < 1.29 is 0 Å². The van der Waals surface area contributed by atoms with Gasteiger partial charge in [-0.15, -0.1) is 0 Å². The average molecular weight is 176 g/mol. The molecule has 0 bridgehead atoms. The van der Waals surface area contributed by atoms with Gasteiger partial charge in [0.05, 0.1) is 0 Å². The average Bonchev–Trinajstić information content (AvgIpc) is 2.11. The summed E-state index contributed by atoms with van der Waals surface area (Å²) < 4.78 is 0. The van der Waals surface area contributed by atoms with Crippen LogP contribution in [0.3, 0.4) is 0 Å². The molecular formula is C13H20. The molecule has 0 amide bonds. The molecule has 0 atom stereocenters. The third-order valence-corrected chi connectivity index (χ3v) is 1.74. The van der Waals surface area contributed by atoms with Gasteiger partial charge in [-0.1, -0.05) is 48.6 Å². The van der Waals surface area contributed by atoms with E-state index in [0.717, 1.165) is 12.8 Å². The van der Waals surface area contributed by atoms with Gasteiger partial charge in [0.2, 0.25) is 0 Å². The molecule has 0 fully saturated rings. The second-order valence-corrected chi connectivity index (χ2v) is 3.04. The van der Waals surface area contributed by atoms with Crippen LogP contribution in [0.1, 0.15) is 33.1 Å². The van der Waals surface area contributed by atoms with Crippen LogP contribution in [0.4, 0.5) is 0 Å². The summed E-state index contributed by atoms with van der Waals surface area (Å²) in [6, 6.07) is 0. The summed E-state index contributed by atoms with van der Waals surface area (Å²) in [5.74, 6) is 0. The molecule has 0 radical (unpaired) electrons. The van der Waals surface area contributed by atoms with E-state index in [-0.39, 0.29) is 0 Å². The summed E-state index contributed by atoms with van der Waals surface area (Å²) in [6.07, 6.45) is 16.0. The van der Waals surface area contributed by atoms with E-state index in [1.54, 1.807) is 0 Å². The highest BCUT2D eigenvalue weighted by molar-refractivity contribution is 5.14. The molecule has 0 nitrogen and oxygen atoms in total. The second kappa shape index (κ2) is 9.05. The van der Waals surface area contributed by atoms with Crippen LogP contribution < -0.4 is 0 Å². The molecule has 0 N–H and O–H groups in total. The van der Waals surface area contributed by atoms with Crippen LogP contribution in [-0.4, -0.2) is 0 Å². The first-order valence-electron chi connectivity index (χ1n) is 4.88. The Bertz CT molecular complexity index is 204. The lowest BCUT2D eigenvalue weighted by Crippen LogP contribution is -1.72. The van der Waals surface area contributed by atoms with E-state index in [2.05, 4.69) is 37.8 Å². The van der Waals surface area contributed by atoms with Gasteiger partial charge in [0.25, 0.3) is 0 Å². The minimum atomic E-state index is 1.14. The molecule has 0 aromatic heterocycles. The van der Waals surface area contributed by atoms with Crippen LogP contribution in [0.5, 0.6) is 0 Å². The molecule has 0 heteroatoms. The first-order chi connectivity index (χ1) is 6.31. The normalized spacial score (nSPS) is 12.9. The summed E-state index contributed by atoms with van der Waals surface area (Å²) in [7, 11) is 0. The molecule has 13 heavy (non-hydrogen) atoms. The number of rotatable bonds is 6. The molecule has 0 aromatic rings. The van der Waals surface area contributed by atoms with E-state index < -0.39 is 0 Å². The first-order valence-corrected chi connectivity index (χ1v) is 4.88. The Morgan fingerprint density at radius 1 is 1.31 bits per heavy atom. The van der Waals surface area contributed by atoms with Crippen LogP contribution in [0, 0.1) is 0 Å². The Morgan fingerprint density at radius 3 is 2.69 bits per heavy atom. The number of unbranched alkanes of at least 4 members (excludes halogenated alkanes) is 2. The van der Waals surface area contributed by atoms with Gasteiger partial charge >= 0.3 is 0 Å². The molecule has 0 saturated heterocycles. The molecular weight excluding hydrogens is 156 g/mol. The molecule has 0 heterocycles. The maximum absolute atomic E-state index is 3.62.